The number of hydrogen-bond donors (Lipinski definition) is 1. The first-order valence-electron chi connectivity index (χ1n) is 4.44. The molecule has 0 bridgehead atoms. The van der Waals surface area contributed by atoms with Gasteiger partial charge in [0.2, 0.25) is 0 Å². The molecule has 2 rings (SSSR count). The first-order chi connectivity index (χ1) is 6.99. The molecule has 0 heterocycles. The Labute approximate surface area is 84.3 Å². The van der Waals surface area contributed by atoms with Crippen LogP contribution in [0.3, 0.4) is 0 Å². The van der Waals surface area contributed by atoms with E-state index in [0.717, 1.165) is 7.11 Å². The van der Waals surface area contributed by atoms with Crippen LogP contribution >= 0.6 is 0 Å². The Morgan fingerprint density at radius 2 is 1.87 bits per heavy atom. The lowest BCUT2D eigenvalue weighted by molar-refractivity contribution is 0.139. The highest BCUT2D eigenvalue weighted by atomic mass is 19.2. The Morgan fingerprint density at radius 3 is 2.33 bits per heavy atom. The van der Waals surface area contributed by atoms with Crippen LogP contribution in [0.15, 0.2) is 6.07 Å². The van der Waals surface area contributed by atoms with Crippen LogP contribution < -0.4 is 4.74 Å². The van der Waals surface area contributed by atoms with Crippen LogP contribution in [0.25, 0.3) is 0 Å². The fourth-order valence-corrected chi connectivity index (χ4v) is 1.56. The molecule has 2 nitrogen and oxygen atoms in total. The average molecular weight is 218 g/mol. The van der Waals surface area contributed by atoms with Crippen molar-refractivity contribution in [3.05, 3.63) is 29.1 Å². The number of benzene rings is 1. The second-order valence-corrected chi connectivity index (χ2v) is 3.59. The highest BCUT2D eigenvalue weighted by Gasteiger charge is 2.48. The summed E-state index contributed by atoms with van der Waals surface area (Å²) in [5.41, 5.74) is -1.89. The predicted molar refractivity (Wildman–Crippen MR) is 46.0 cm³/mol. The van der Waals surface area contributed by atoms with Gasteiger partial charge in [0.05, 0.1) is 18.3 Å². The normalized spacial score (nSPS) is 17.7. The molecule has 1 aromatic carbocycles. The highest BCUT2D eigenvalue weighted by molar-refractivity contribution is 5.43. The summed E-state index contributed by atoms with van der Waals surface area (Å²) in [7, 11) is 1.14. The smallest absolute Gasteiger partial charge is 0.168 e. The molecule has 0 spiro atoms. The van der Waals surface area contributed by atoms with Gasteiger partial charge < -0.3 is 9.84 Å². The van der Waals surface area contributed by atoms with Crippen LogP contribution in [0.5, 0.6) is 5.75 Å². The van der Waals surface area contributed by atoms with E-state index in [1.165, 1.54) is 0 Å². The Morgan fingerprint density at radius 1 is 1.27 bits per heavy atom. The molecular formula is C10H9F3O2. The predicted octanol–water partition coefficient (Wildman–Crippen LogP) is 2.09. The molecule has 0 aromatic heterocycles. The van der Waals surface area contributed by atoms with Crippen molar-refractivity contribution in [3.8, 4) is 5.75 Å². The van der Waals surface area contributed by atoms with E-state index >= 15 is 0 Å². The van der Waals surface area contributed by atoms with Gasteiger partial charge in [0.15, 0.2) is 23.2 Å². The molecule has 1 aliphatic carbocycles. The molecular weight excluding hydrogens is 209 g/mol. The van der Waals surface area contributed by atoms with Crippen molar-refractivity contribution in [2.45, 2.75) is 18.4 Å². The van der Waals surface area contributed by atoms with Crippen LogP contribution in [0, 0.1) is 17.5 Å². The second kappa shape index (κ2) is 3.13. The molecule has 0 aliphatic heterocycles. The van der Waals surface area contributed by atoms with Crippen LogP contribution in [-0.2, 0) is 5.60 Å². The van der Waals surface area contributed by atoms with Crippen molar-refractivity contribution in [1.29, 1.82) is 0 Å². The van der Waals surface area contributed by atoms with Gasteiger partial charge in [0.25, 0.3) is 0 Å². The molecule has 1 aromatic rings. The zero-order valence-corrected chi connectivity index (χ0v) is 7.98. The van der Waals surface area contributed by atoms with Gasteiger partial charge in [0.1, 0.15) is 0 Å². The van der Waals surface area contributed by atoms with E-state index in [4.69, 9.17) is 0 Å². The van der Waals surface area contributed by atoms with Crippen LogP contribution in [0.1, 0.15) is 18.4 Å². The van der Waals surface area contributed by atoms with Crippen molar-refractivity contribution in [3.63, 3.8) is 0 Å². The van der Waals surface area contributed by atoms with Crippen molar-refractivity contribution < 1.29 is 23.0 Å². The van der Waals surface area contributed by atoms with E-state index < -0.39 is 34.4 Å². The Bertz CT molecular complexity index is 414. The summed E-state index contributed by atoms with van der Waals surface area (Å²) < 4.78 is 44.2. The third-order valence-electron chi connectivity index (χ3n) is 2.52. The Hall–Kier alpha value is -1.23. The van der Waals surface area contributed by atoms with Gasteiger partial charge in [-0.25, -0.2) is 13.2 Å². The minimum atomic E-state index is -1.47. The van der Waals surface area contributed by atoms with E-state index in [1.807, 2.05) is 0 Å². The third-order valence-corrected chi connectivity index (χ3v) is 2.52. The monoisotopic (exact) mass is 218 g/mol. The van der Waals surface area contributed by atoms with Crippen LogP contribution in [0.4, 0.5) is 13.2 Å². The lowest BCUT2D eigenvalue weighted by Crippen LogP contribution is -2.12. The minimum Gasteiger partial charge on any atom is -0.493 e. The number of halogens is 3. The molecule has 1 aliphatic rings. The maximum absolute atomic E-state index is 13.4. The number of hydrogen-bond acceptors (Lipinski definition) is 2. The standard InChI is InChI=1S/C10H9F3O2/c1-15-9-6(12)4-5(11)8(13)7(9)10(14)2-3-10/h4,14H,2-3H2,1H3. The summed E-state index contributed by atoms with van der Waals surface area (Å²) in [6.07, 6.45) is 0.562. The molecule has 0 saturated heterocycles. The molecule has 0 unspecified atom stereocenters. The van der Waals surface area contributed by atoms with Crippen molar-refractivity contribution in [2.75, 3.05) is 7.11 Å². The van der Waals surface area contributed by atoms with E-state index in [9.17, 15) is 18.3 Å². The number of rotatable bonds is 2. The third kappa shape index (κ3) is 1.47. The minimum absolute atomic E-state index is 0.281. The summed E-state index contributed by atoms with van der Waals surface area (Å²) in [4.78, 5) is 0. The van der Waals surface area contributed by atoms with Gasteiger partial charge in [-0.2, -0.15) is 0 Å². The fourth-order valence-electron chi connectivity index (χ4n) is 1.56. The zero-order chi connectivity index (χ0) is 11.2. The number of aliphatic hydroxyl groups is 1. The zero-order valence-electron chi connectivity index (χ0n) is 7.98. The summed E-state index contributed by atoms with van der Waals surface area (Å²) in [5, 5.41) is 9.69. The highest BCUT2D eigenvalue weighted by Crippen LogP contribution is 2.50. The maximum Gasteiger partial charge on any atom is 0.168 e. The largest absolute Gasteiger partial charge is 0.493 e. The first-order valence-corrected chi connectivity index (χ1v) is 4.44. The summed E-state index contributed by atoms with van der Waals surface area (Å²) >= 11 is 0. The molecule has 0 amide bonds. The number of methoxy groups -OCH3 is 1. The van der Waals surface area contributed by atoms with Crippen LogP contribution in [0.2, 0.25) is 0 Å². The first kappa shape index (κ1) is 10.3. The maximum atomic E-state index is 13.4. The quantitative estimate of drug-likeness (QED) is 0.770. The summed E-state index contributed by atoms with van der Waals surface area (Å²) in [5.74, 6) is -3.99. The van der Waals surface area contributed by atoms with E-state index in [0.29, 0.717) is 6.07 Å². The van der Waals surface area contributed by atoms with Crippen LogP contribution in [-0.4, -0.2) is 12.2 Å². The molecule has 0 atom stereocenters. The molecule has 1 fully saturated rings. The molecule has 0 radical (unpaired) electrons. The number of ether oxygens (including phenoxy) is 1. The topological polar surface area (TPSA) is 29.5 Å². The van der Waals surface area contributed by atoms with Gasteiger partial charge >= 0.3 is 0 Å². The summed E-state index contributed by atoms with van der Waals surface area (Å²) in [6, 6.07) is 0.406. The Kier molecular flexibility index (Phi) is 2.15. The van der Waals surface area contributed by atoms with Crippen molar-refractivity contribution in [1.82, 2.24) is 0 Å². The van der Waals surface area contributed by atoms with Gasteiger partial charge in [-0.3, -0.25) is 0 Å². The average Bonchev–Trinajstić information content (AvgIpc) is 2.90. The lowest BCUT2D eigenvalue weighted by atomic mass is 10.0. The van der Waals surface area contributed by atoms with Gasteiger partial charge in [-0.1, -0.05) is 0 Å². The van der Waals surface area contributed by atoms with Gasteiger partial charge in [-0.15, -0.1) is 0 Å². The van der Waals surface area contributed by atoms with Crippen molar-refractivity contribution in [2.24, 2.45) is 0 Å². The SMILES string of the molecule is COc1c(F)cc(F)c(F)c1C1(O)CC1. The van der Waals surface area contributed by atoms with E-state index in [1.54, 1.807) is 0 Å². The van der Waals surface area contributed by atoms with E-state index in [2.05, 4.69) is 4.74 Å². The van der Waals surface area contributed by atoms with Crippen molar-refractivity contribution >= 4 is 0 Å². The molecule has 15 heavy (non-hydrogen) atoms. The Balaban J connectivity index is 2.68. The molecule has 5 heteroatoms. The van der Waals surface area contributed by atoms with Gasteiger partial charge in [-0.05, 0) is 12.8 Å². The summed E-state index contributed by atoms with van der Waals surface area (Å²) in [6.45, 7) is 0. The van der Waals surface area contributed by atoms with Gasteiger partial charge in [0, 0.05) is 6.07 Å². The second-order valence-electron chi connectivity index (χ2n) is 3.59. The lowest BCUT2D eigenvalue weighted by Gasteiger charge is -2.15. The van der Waals surface area contributed by atoms with E-state index in [-0.39, 0.29) is 12.8 Å². The molecule has 82 valence electrons. The fraction of sp³-hybridized carbons (Fsp3) is 0.400. The molecule has 1 N–H and O–H groups in total. The molecule has 1 saturated carbocycles.